The minimum absolute atomic E-state index is 0.0568. The Morgan fingerprint density at radius 2 is 2.21 bits per heavy atom. The number of carbonyl (C=O) groups is 1. The maximum absolute atomic E-state index is 12.1. The van der Waals surface area contributed by atoms with E-state index in [1.165, 1.54) is 6.07 Å². The van der Waals surface area contributed by atoms with Gasteiger partial charge in [0, 0.05) is 11.3 Å². The van der Waals surface area contributed by atoms with Crippen LogP contribution in [0.5, 0.6) is 0 Å². The van der Waals surface area contributed by atoms with E-state index in [0.717, 1.165) is 18.5 Å². The van der Waals surface area contributed by atoms with Gasteiger partial charge in [-0.25, -0.2) is 4.98 Å². The molecule has 0 aromatic carbocycles. The van der Waals surface area contributed by atoms with Crippen LogP contribution < -0.4 is 5.32 Å². The molecule has 1 N–H and O–H groups in total. The monoisotopic (exact) mass is 279 g/mol. The summed E-state index contributed by atoms with van der Waals surface area (Å²) in [7, 11) is 0. The number of pyridine rings is 1. The van der Waals surface area contributed by atoms with Crippen molar-refractivity contribution in [2.24, 2.45) is 5.92 Å². The largest absolute Gasteiger partial charge is 0.336 e. The summed E-state index contributed by atoms with van der Waals surface area (Å²) in [6.45, 7) is 5.80. The van der Waals surface area contributed by atoms with Crippen molar-refractivity contribution in [3.63, 3.8) is 0 Å². The SMILES string of the molecule is CCCc1cc(C(=O)NC(C#N)C(C)C)cc(Cl)n1. The molecule has 0 radical (unpaired) electrons. The number of aromatic nitrogens is 1. The van der Waals surface area contributed by atoms with Crippen LogP contribution in [0.4, 0.5) is 0 Å². The topological polar surface area (TPSA) is 65.8 Å². The van der Waals surface area contributed by atoms with Gasteiger partial charge in [0.05, 0.1) is 6.07 Å². The Bertz CT molecular complexity index is 494. The van der Waals surface area contributed by atoms with Crippen LogP contribution >= 0.6 is 11.6 Å². The minimum Gasteiger partial charge on any atom is -0.336 e. The zero-order chi connectivity index (χ0) is 14.4. The molecule has 0 aliphatic carbocycles. The van der Waals surface area contributed by atoms with Crippen molar-refractivity contribution in [3.8, 4) is 6.07 Å². The Morgan fingerprint density at radius 3 is 2.74 bits per heavy atom. The van der Waals surface area contributed by atoms with Crippen LogP contribution in [0.2, 0.25) is 5.15 Å². The van der Waals surface area contributed by atoms with Gasteiger partial charge in [-0.2, -0.15) is 5.26 Å². The Morgan fingerprint density at radius 1 is 1.53 bits per heavy atom. The lowest BCUT2D eigenvalue weighted by molar-refractivity contribution is 0.0937. The molecule has 19 heavy (non-hydrogen) atoms. The van der Waals surface area contributed by atoms with E-state index in [4.69, 9.17) is 16.9 Å². The van der Waals surface area contributed by atoms with Gasteiger partial charge in [-0.1, -0.05) is 38.8 Å². The molecule has 1 amide bonds. The lowest BCUT2D eigenvalue weighted by Gasteiger charge is -2.15. The number of amides is 1. The number of halogens is 1. The molecule has 1 heterocycles. The number of carbonyl (C=O) groups excluding carboxylic acids is 1. The van der Waals surface area contributed by atoms with E-state index >= 15 is 0 Å². The fourth-order valence-corrected chi connectivity index (χ4v) is 1.87. The molecule has 0 saturated carbocycles. The summed E-state index contributed by atoms with van der Waals surface area (Å²) in [4.78, 5) is 16.2. The molecule has 1 aromatic heterocycles. The first-order valence-electron chi connectivity index (χ1n) is 6.34. The second-order valence-electron chi connectivity index (χ2n) is 4.74. The van der Waals surface area contributed by atoms with Gasteiger partial charge in [0.25, 0.3) is 5.91 Å². The van der Waals surface area contributed by atoms with Crippen molar-refractivity contribution in [2.45, 2.75) is 39.7 Å². The molecule has 1 aromatic rings. The predicted octanol–water partition coefficient (Wildman–Crippen LogP) is 2.97. The van der Waals surface area contributed by atoms with E-state index in [2.05, 4.69) is 16.4 Å². The van der Waals surface area contributed by atoms with Gasteiger partial charge in [0.2, 0.25) is 0 Å². The Hall–Kier alpha value is -1.60. The molecule has 1 rings (SSSR count). The normalized spacial score (nSPS) is 12.0. The molecule has 0 spiro atoms. The molecule has 102 valence electrons. The quantitative estimate of drug-likeness (QED) is 0.843. The maximum atomic E-state index is 12.1. The van der Waals surface area contributed by atoms with E-state index < -0.39 is 6.04 Å². The zero-order valence-corrected chi connectivity index (χ0v) is 12.2. The molecule has 4 nitrogen and oxygen atoms in total. The lowest BCUT2D eigenvalue weighted by atomic mass is 10.1. The Balaban J connectivity index is 2.90. The van der Waals surface area contributed by atoms with Crippen LogP contribution in [0, 0.1) is 17.2 Å². The second-order valence-corrected chi connectivity index (χ2v) is 5.13. The average molecular weight is 280 g/mol. The summed E-state index contributed by atoms with van der Waals surface area (Å²) in [5.41, 5.74) is 1.24. The van der Waals surface area contributed by atoms with Crippen molar-refractivity contribution in [2.75, 3.05) is 0 Å². The molecular formula is C14H18ClN3O. The van der Waals surface area contributed by atoms with Gasteiger partial charge < -0.3 is 5.32 Å². The first kappa shape index (κ1) is 15.5. The number of hydrogen-bond donors (Lipinski definition) is 1. The van der Waals surface area contributed by atoms with Crippen molar-refractivity contribution in [3.05, 3.63) is 28.5 Å². The van der Waals surface area contributed by atoms with Crippen molar-refractivity contribution >= 4 is 17.5 Å². The summed E-state index contributed by atoms with van der Waals surface area (Å²) in [5, 5.41) is 12.0. The molecule has 0 aliphatic rings. The summed E-state index contributed by atoms with van der Waals surface area (Å²) < 4.78 is 0. The van der Waals surface area contributed by atoms with Gasteiger partial charge in [-0.3, -0.25) is 4.79 Å². The maximum Gasteiger partial charge on any atom is 0.252 e. The first-order valence-corrected chi connectivity index (χ1v) is 6.72. The Labute approximate surface area is 118 Å². The molecular weight excluding hydrogens is 262 g/mol. The minimum atomic E-state index is -0.505. The molecule has 0 bridgehead atoms. The Kier molecular flexibility index (Phi) is 5.78. The third-order valence-corrected chi connectivity index (χ3v) is 2.90. The summed E-state index contributed by atoms with van der Waals surface area (Å²) >= 11 is 5.91. The van der Waals surface area contributed by atoms with E-state index in [1.54, 1.807) is 6.07 Å². The molecule has 0 fully saturated rings. The number of nitriles is 1. The second kappa shape index (κ2) is 7.10. The van der Waals surface area contributed by atoms with Crippen molar-refractivity contribution in [1.29, 1.82) is 5.26 Å². The highest BCUT2D eigenvalue weighted by Gasteiger charge is 2.17. The van der Waals surface area contributed by atoms with Crippen LogP contribution in [0.1, 0.15) is 43.2 Å². The fourth-order valence-electron chi connectivity index (χ4n) is 1.64. The van der Waals surface area contributed by atoms with Gasteiger partial charge in [0.15, 0.2) is 0 Å². The van der Waals surface area contributed by atoms with Crippen LogP contribution in [-0.2, 0) is 6.42 Å². The summed E-state index contributed by atoms with van der Waals surface area (Å²) in [5.74, 6) is -0.233. The van der Waals surface area contributed by atoms with Gasteiger partial charge in [-0.15, -0.1) is 0 Å². The highest BCUT2D eigenvalue weighted by molar-refractivity contribution is 6.29. The molecule has 1 atom stereocenters. The van der Waals surface area contributed by atoms with Crippen molar-refractivity contribution < 1.29 is 4.79 Å². The van der Waals surface area contributed by atoms with E-state index in [0.29, 0.717) is 10.7 Å². The van der Waals surface area contributed by atoms with E-state index in [-0.39, 0.29) is 11.8 Å². The van der Waals surface area contributed by atoms with E-state index in [9.17, 15) is 4.79 Å². The van der Waals surface area contributed by atoms with Gasteiger partial charge in [-0.05, 0) is 24.5 Å². The third-order valence-electron chi connectivity index (χ3n) is 2.71. The fraction of sp³-hybridized carbons (Fsp3) is 0.500. The van der Waals surface area contributed by atoms with Crippen LogP contribution in [0.3, 0.4) is 0 Å². The van der Waals surface area contributed by atoms with E-state index in [1.807, 2.05) is 20.8 Å². The van der Waals surface area contributed by atoms with Crippen LogP contribution in [-0.4, -0.2) is 16.9 Å². The summed E-state index contributed by atoms with van der Waals surface area (Å²) in [6.07, 6.45) is 1.70. The first-order chi connectivity index (χ1) is 8.97. The van der Waals surface area contributed by atoms with Crippen molar-refractivity contribution in [1.82, 2.24) is 10.3 Å². The third kappa shape index (κ3) is 4.53. The van der Waals surface area contributed by atoms with Crippen LogP contribution in [0.25, 0.3) is 0 Å². The highest BCUT2D eigenvalue weighted by atomic mass is 35.5. The average Bonchev–Trinajstić information content (AvgIpc) is 2.34. The number of hydrogen-bond acceptors (Lipinski definition) is 3. The highest BCUT2D eigenvalue weighted by Crippen LogP contribution is 2.13. The number of aryl methyl sites for hydroxylation is 1. The number of rotatable bonds is 5. The zero-order valence-electron chi connectivity index (χ0n) is 11.4. The van der Waals surface area contributed by atoms with Gasteiger partial charge >= 0.3 is 0 Å². The molecule has 0 aliphatic heterocycles. The van der Waals surface area contributed by atoms with Gasteiger partial charge in [0.1, 0.15) is 11.2 Å². The molecule has 0 saturated heterocycles. The predicted molar refractivity (Wildman–Crippen MR) is 74.9 cm³/mol. The summed E-state index contributed by atoms with van der Waals surface area (Å²) in [6, 6.07) is 4.81. The molecule has 5 heteroatoms. The number of nitrogens with one attached hydrogen (secondary N) is 1. The standard InChI is InChI=1S/C14H18ClN3O/c1-4-5-11-6-10(7-13(15)17-11)14(19)18-12(8-16)9(2)3/h6-7,9,12H,4-5H2,1-3H3,(H,18,19). The lowest BCUT2D eigenvalue weighted by Crippen LogP contribution is -2.37. The van der Waals surface area contributed by atoms with Crippen LogP contribution in [0.15, 0.2) is 12.1 Å². The number of nitrogens with zero attached hydrogens (tertiary/aromatic N) is 2. The molecule has 1 unspecified atom stereocenters. The smallest absolute Gasteiger partial charge is 0.252 e.